The summed E-state index contributed by atoms with van der Waals surface area (Å²) in [5.74, 6) is -0.398. The van der Waals surface area contributed by atoms with Gasteiger partial charge in [-0.25, -0.2) is 4.98 Å². The Hall–Kier alpha value is -3.55. The molecule has 1 aliphatic rings. The van der Waals surface area contributed by atoms with E-state index >= 15 is 0 Å². The monoisotopic (exact) mass is 455 g/mol. The Morgan fingerprint density at radius 3 is 2.42 bits per heavy atom. The molecule has 0 saturated carbocycles. The number of alkyl halides is 3. The fourth-order valence-corrected chi connectivity index (χ4v) is 3.73. The van der Waals surface area contributed by atoms with Crippen LogP contribution in [0.4, 0.5) is 30.4 Å². The quantitative estimate of drug-likeness (QED) is 0.512. The van der Waals surface area contributed by atoms with Gasteiger partial charge in [0.25, 0.3) is 5.91 Å². The number of nitrogens with one attached hydrogen (secondary N) is 1. The zero-order valence-electron chi connectivity index (χ0n) is 18.5. The van der Waals surface area contributed by atoms with Crippen LogP contribution in [-0.4, -0.2) is 24.0 Å². The lowest BCUT2D eigenvalue weighted by Crippen LogP contribution is -2.32. The first-order valence-electron chi connectivity index (χ1n) is 10.5. The molecule has 1 aromatic heterocycles. The Balaban J connectivity index is 1.66. The molecule has 1 N–H and O–H groups in total. The molecule has 33 heavy (non-hydrogen) atoms. The highest BCUT2D eigenvalue weighted by molar-refractivity contribution is 6.07. The second-order valence-corrected chi connectivity index (χ2v) is 8.81. The van der Waals surface area contributed by atoms with Crippen LogP contribution in [0.2, 0.25) is 0 Å². The SMILES string of the molecule is CC(C)(C)c1ccc(NC(=O)c2cccc3c2OCCN3c2ncccc2C(F)(F)F)cc1. The molecule has 0 fully saturated rings. The first-order valence-corrected chi connectivity index (χ1v) is 10.5. The standard InChI is InChI=1S/C25H24F3N3O2/c1-24(2,3)16-9-11-17(12-10-16)30-23(32)18-6-4-8-20-21(18)33-15-14-31(20)22-19(25(26,27)28)7-5-13-29-22/h4-13H,14-15H2,1-3H3,(H,30,32). The lowest BCUT2D eigenvalue weighted by atomic mass is 9.87. The number of para-hydroxylation sites is 1. The van der Waals surface area contributed by atoms with E-state index in [1.807, 2.05) is 24.3 Å². The van der Waals surface area contributed by atoms with Crippen LogP contribution in [0.3, 0.4) is 0 Å². The number of carbonyl (C=O) groups is 1. The summed E-state index contributed by atoms with van der Waals surface area (Å²) in [5, 5.41) is 2.84. The maximum atomic E-state index is 13.6. The first kappa shape index (κ1) is 22.6. The van der Waals surface area contributed by atoms with E-state index < -0.39 is 17.6 Å². The Morgan fingerprint density at radius 2 is 1.76 bits per heavy atom. The smallest absolute Gasteiger partial charge is 0.419 e. The predicted octanol–water partition coefficient (Wildman–Crippen LogP) is 6.18. The van der Waals surface area contributed by atoms with Gasteiger partial charge in [-0.05, 0) is 47.4 Å². The van der Waals surface area contributed by atoms with Crippen LogP contribution in [0.1, 0.15) is 42.3 Å². The summed E-state index contributed by atoms with van der Waals surface area (Å²) >= 11 is 0. The van der Waals surface area contributed by atoms with Crippen molar-refractivity contribution in [2.24, 2.45) is 0 Å². The van der Waals surface area contributed by atoms with Crippen LogP contribution in [0, 0.1) is 0 Å². The molecule has 8 heteroatoms. The lowest BCUT2D eigenvalue weighted by Gasteiger charge is -2.32. The van der Waals surface area contributed by atoms with E-state index in [1.54, 1.807) is 18.2 Å². The van der Waals surface area contributed by atoms with Gasteiger partial charge in [-0.15, -0.1) is 0 Å². The average molecular weight is 455 g/mol. The number of aromatic nitrogens is 1. The molecular formula is C25H24F3N3O2. The number of benzene rings is 2. The molecular weight excluding hydrogens is 431 g/mol. The fourth-order valence-electron chi connectivity index (χ4n) is 3.73. The number of amides is 1. The number of fused-ring (bicyclic) bond motifs is 1. The van der Waals surface area contributed by atoms with Crippen LogP contribution < -0.4 is 15.0 Å². The highest BCUT2D eigenvalue weighted by Crippen LogP contribution is 2.43. The Bertz CT molecular complexity index is 1170. The van der Waals surface area contributed by atoms with Crippen molar-refractivity contribution in [1.82, 2.24) is 4.98 Å². The van der Waals surface area contributed by atoms with Crippen LogP contribution >= 0.6 is 0 Å². The summed E-state index contributed by atoms with van der Waals surface area (Å²) in [4.78, 5) is 18.5. The molecule has 172 valence electrons. The summed E-state index contributed by atoms with van der Waals surface area (Å²) in [6.45, 7) is 6.60. The molecule has 0 saturated heterocycles. The summed E-state index contributed by atoms with van der Waals surface area (Å²) in [7, 11) is 0. The number of nitrogens with zero attached hydrogens (tertiary/aromatic N) is 2. The second kappa shape index (κ2) is 8.42. The van der Waals surface area contributed by atoms with Gasteiger partial charge in [-0.3, -0.25) is 4.79 Å². The van der Waals surface area contributed by atoms with E-state index in [2.05, 4.69) is 31.1 Å². The van der Waals surface area contributed by atoms with Crippen molar-refractivity contribution in [3.8, 4) is 5.75 Å². The third-order valence-electron chi connectivity index (χ3n) is 5.45. The van der Waals surface area contributed by atoms with Gasteiger partial charge in [0.2, 0.25) is 0 Å². The molecule has 4 rings (SSSR count). The van der Waals surface area contributed by atoms with E-state index in [1.165, 1.54) is 17.2 Å². The zero-order chi connectivity index (χ0) is 23.8. The highest BCUT2D eigenvalue weighted by Gasteiger charge is 2.37. The maximum absolute atomic E-state index is 13.6. The van der Waals surface area contributed by atoms with Gasteiger partial charge in [-0.1, -0.05) is 39.0 Å². The van der Waals surface area contributed by atoms with Crippen LogP contribution in [0.5, 0.6) is 5.75 Å². The topological polar surface area (TPSA) is 54.5 Å². The largest absolute Gasteiger partial charge is 0.489 e. The van der Waals surface area contributed by atoms with Crippen molar-refractivity contribution in [2.45, 2.75) is 32.4 Å². The summed E-state index contributed by atoms with van der Waals surface area (Å²) < 4.78 is 46.5. The van der Waals surface area contributed by atoms with Crippen LogP contribution in [0.15, 0.2) is 60.8 Å². The van der Waals surface area contributed by atoms with Gasteiger partial charge in [0, 0.05) is 11.9 Å². The molecule has 2 aromatic carbocycles. The number of anilines is 3. The van der Waals surface area contributed by atoms with Crippen molar-refractivity contribution < 1.29 is 22.7 Å². The Labute approximate surface area is 190 Å². The minimum atomic E-state index is -4.56. The predicted molar refractivity (Wildman–Crippen MR) is 121 cm³/mol. The van der Waals surface area contributed by atoms with Gasteiger partial charge in [0.15, 0.2) is 5.75 Å². The highest BCUT2D eigenvalue weighted by atomic mass is 19.4. The van der Waals surface area contributed by atoms with Crippen molar-refractivity contribution in [3.63, 3.8) is 0 Å². The molecule has 0 radical (unpaired) electrons. The molecule has 0 aliphatic carbocycles. The third-order valence-corrected chi connectivity index (χ3v) is 5.45. The molecule has 0 atom stereocenters. The van der Waals surface area contributed by atoms with E-state index in [4.69, 9.17) is 4.74 Å². The molecule has 5 nitrogen and oxygen atoms in total. The molecule has 1 amide bonds. The Morgan fingerprint density at radius 1 is 1.03 bits per heavy atom. The van der Waals surface area contributed by atoms with Crippen molar-refractivity contribution in [2.75, 3.05) is 23.4 Å². The zero-order valence-corrected chi connectivity index (χ0v) is 18.5. The van der Waals surface area contributed by atoms with E-state index in [-0.39, 0.29) is 35.7 Å². The van der Waals surface area contributed by atoms with Crippen LogP contribution in [0.25, 0.3) is 0 Å². The van der Waals surface area contributed by atoms with Crippen molar-refractivity contribution >= 4 is 23.1 Å². The molecule has 0 unspecified atom stereocenters. The van der Waals surface area contributed by atoms with Gasteiger partial charge in [-0.2, -0.15) is 13.2 Å². The molecule has 3 aromatic rings. The summed E-state index contributed by atoms with van der Waals surface area (Å²) in [5.41, 5.74) is 1.49. The molecule has 1 aliphatic heterocycles. The van der Waals surface area contributed by atoms with Gasteiger partial charge < -0.3 is 15.0 Å². The number of hydrogen-bond donors (Lipinski definition) is 1. The molecule has 2 heterocycles. The second-order valence-electron chi connectivity index (χ2n) is 8.81. The van der Waals surface area contributed by atoms with Crippen molar-refractivity contribution in [3.05, 3.63) is 77.5 Å². The number of ether oxygens (including phenoxy) is 1. The van der Waals surface area contributed by atoms with Gasteiger partial charge in [0.05, 0.1) is 23.4 Å². The van der Waals surface area contributed by atoms with Gasteiger partial charge in [0.1, 0.15) is 12.4 Å². The van der Waals surface area contributed by atoms with E-state index in [9.17, 15) is 18.0 Å². The Kier molecular flexibility index (Phi) is 5.78. The van der Waals surface area contributed by atoms with Gasteiger partial charge >= 0.3 is 6.18 Å². The van der Waals surface area contributed by atoms with Crippen molar-refractivity contribution in [1.29, 1.82) is 0 Å². The van der Waals surface area contributed by atoms with Crippen LogP contribution in [-0.2, 0) is 11.6 Å². The normalized spacial score (nSPS) is 13.8. The van der Waals surface area contributed by atoms with E-state index in [0.717, 1.165) is 11.6 Å². The average Bonchev–Trinajstić information content (AvgIpc) is 2.77. The maximum Gasteiger partial charge on any atom is 0.419 e. The summed E-state index contributed by atoms with van der Waals surface area (Å²) in [6, 6.07) is 14.6. The first-order chi connectivity index (χ1) is 15.6. The molecule has 0 bridgehead atoms. The minimum absolute atomic E-state index is 0.0148. The van der Waals surface area contributed by atoms with E-state index in [0.29, 0.717) is 11.4 Å². The number of pyridine rings is 1. The number of carbonyl (C=O) groups excluding carboxylic acids is 1. The number of halogens is 3. The number of rotatable bonds is 3. The summed E-state index contributed by atoms with van der Waals surface area (Å²) in [6.07, 6.45) is -3.24. The number of hydrogen-bond acceptors (Lipinski definition) is 4. The third kappa shape index (κ3) is 4.65. The molecule has 0 spiro atoms. The fraction of sp³-hybridized carbons (Fsp3) is 0.280. The lowest BCUT2D eigenvalue weighted by molar-refractivity contribution is -0.137. The minimum Gasteiger partial charge on any atom is -0.489 e.